The second-order valence-electron chi connectivity index (χ2n) is 5.19. The van der Waals surface area contributed by atoms with Crippen molar-refractivity contribution in [3.63, 3.8) is 0 Å². The van der Waals surface area contributed by atoms with Crippen molar-refractivity contribution in [1.29, 1.82) is 0 Å². The number of fused-ring (bicyclic) bond motifs is 2. The molecule has 2 aliphatic rings. The van der Waals surface area contributed by atoms with E-state index in [1.807, 2.05) is 24.5 Å². The first-order chi connectivity index (χ1) is 9.75. The molecule has 4 rings (SSSR count). The standard InChI is InChI=1S/2C9H9N.CH4/c1-7-4-5-9-8(7)3-2-6-10-9;1-7-4-5-8-3-2-6-10-9(7)8;/h2*2-4,6H,5H2,1H3;1H4. The Morgan fingerprint density at radius 1 is 0.857 bits per heavy atom. The van der Waals surface area contributed by atoms with E-state index in [4.69, 9.17) is 0 Å². The Kier molecular flexibility index (Phi) is 4.69. The van der Waals surface area contributed by atoms with Gasteiger partial charge in [-0.05, 0) is 54.7 Å². The zero-order chi connectivity index (χ0) is 13.9. The number of nitrogens with zero attached hydrogens (tertiary/aromatic N) is 2. The zero-order valence-electron chi connectivity index (χ0n) is 11.9. The fourth-order valence-electron chi connectivity index (χ4n) is 2.64. The zero-order valence-corrected chi connectivity index (χ0v) is 11.9. The lowest BCUT2D eigenvalue weighted by Crippen LogP contribution is -1.85. The molecular formula is C19H22N2. The minimum absolute atomic E-state index is 0. The summed E-state index contributed by atoms with van der Waals surface area (Å²) in [6, 6.07) is 8.24. The smallest absolute Gasteiger partial charge is 0.0690 e. The second kappa shape index (κ2) is 6.49. The van der Waals surface area contributed by atoms with Gasteiger partial charge in [0.05, 0.1) is 11.4 Å². The molecule has 2 aromatic rings. The highest BCUT2D eigenvalue weighted by atomic mass is 14.7. The molecule has 0 spiro atoms. The van der Waals surface area contributed by atoms with Crippen LogP contribution < -0.4 is 0 Å². The van der Waals surface area contributed by atoms with Crippen LogP contribution in [0, 0.1) is 0 Å². The van der Waals surface area contributed by atoms with E-state index in [1.165, 1.54) is 33.7 Å². The first kappa shape index (κ1) is 15.2. The monoisotopic (exact) mass is 278 g/mol. The Morgan fingerprint density at radius 2 is 1.57 bits per heavy atom. The number of pyridine rings is 2. The third-order valence-electron chi connectivity index (χ3n) is 3.81. The topological polar surface area (TPSA) is 25.8 Å². The molecular weight excluding hydrogens is 256 g/mol. The Balaban J connectivity index is 0.000000147. The molecule has 108 valence electrons. The van der Waals surface area contributed by atoms with Crippen molar-refractivity contribution >= 4 is 11.1 Å². The SMILES string of the molecule is C.CC1=CCc2cccnc21.CC1=CCc2ncccc21. The van der Waals surface area contributed by atoms with Crippen LogP contribution in [-0.2, 0) is 12.8 Å². The summed E-state index contributed by atoms with van der Waals surface area (Å²) in [5.41, 5.74) is 7.77. The van der Waals surface area contributed by atoms with Gasteiger partial charge in [-0.3, -0.25) is 9.97 Å². The van der Waals surface area contributed by atoms with Crippen molar-refractivity contribution < 1.29 is 0 Å². The number of hydrogen-bond donors (Lipinski definition) is 0. The van der Waals surface area contributed by atoms with Crippen LogP contribution in [-0.4, -0.2) is 9.97 Å². The number of allylic oxidation sites excluding steroid dienone is 4. The average Bonchev–Trinajstić information content (AvgIpc) is 3.05. The van der Waals surface area contributed by atoms with E-state index < -0.39 is 0 Å². The van der Waals surface area contributed by atoms with Crippen molar-refractivity contribution in [3.8, 4) is 0 Å². The molecule has 0 aliphatic heterocycles. The van der Waals surface area contributed by atoms with Gasteiger partial charge in [-0.25, -0.2) is 0 Å². The fourth-order valence-corrected chi connectivity index (χ4v) is 2.64. The predicted molar refractivity (Wildman–Crippen MR) is 89.9 cm³/mol. The first-order valence-corrected chi connectivity index (χ1v) is 6.98. The minimum atomic E-state index is 0. The van der Waals surface area contributed by atoms with Crippen LogP contribution in [0.3, 0.4) is 0 Å². The van der Waals surface area contributed by atoms with Crippen LogP contribution in [0.5, 0.6) is 0 Å². The van der Waals surface area contributed by atoms with Gasteiger partial charge in [-0.1, -0.05) is 31.7 Å². The minimum Gasteiger partial charge on any atom is -0.260 e. The van der Waals surface area contributed by atoms with Crippen LogP contribution in [0.1, 0.15) is 43.8 Å². The van der Waals surface area contributed by atoms with Crippen LogP contribution in [0.25, 0.3) is 11.1 Å². The van der Waals surface area contributed by atoms with Crippen molar-refractivity contribution in [1.82, 2.24) is 9.97 Å². The molecule has 0 fully saturated rings. The maximum absolute atomic E-state index is 4.27. The Bertz CT molecular complexity index is 635. The Morgan fingerprint density at radius 3 is 2.33 bits per heavy atom. The van der Waals surface area contributed by atoms with Crippen LogP contribution in [0.15, 0.2) is 48.8 Å². The molecule has 0 N–H and O–H groups in total. The van der Waals surface area contributed by atoms with Crippen molar-refractivity contribution in [3.05, 3.63) is 71.3 Å². The molecule has 0 atom stereocenters. The van der Waals surface area contributed by atoms with Crippen LogP contribution in [0.2, 0.25) is 0 Å². The van der Waals surface area contributed by atoms with Gasteiger partial charge in [0.15, 0.2) is 0 Å². The summed E-state index contributed by atoms with van der Waals surface area (Å²) in [6.07, 6.45) is 10.2. The normalized spacial score (nSPS) is 14.0. The lowest BCUT2D eigenvalue weighted by atomic mass is 10.1. The molecule has 2 heterocycles. The highest BCUT2D eigenvalue weighted by Crippen LogP contribution is 2.24. The molecule has 0 unspecified atom stereocenters. The number of rotatable bonds is 0. The summed E-state index contributed by atoms with van der Waals surface area (Å²) in [7, 11) is 0. The summed E-state index contributed by atoms with van der Waals surface area (Å²) in [5, 5.41) is 0. The molecule has 2 aromatic heterocycles. The molecule has 2 heteroatoms. The van der Waals surface area contributed by atoms with Gasteiger partial charge in [0.1, 0.15) is 0 Å². The lowest BCUT2D eigenvalue weighted by molar-refractivity contribution is 1.13. The quantitative estimate of drug-likeness (QED) is 0.697. The fraction of sp³-hybridized carbons (Fsp3) is 0.263. The van der Waals surface area contributed by atoms with Gasteiger partial charge in [0.2, 0.25) is 0 Å². The van der Waals surface area contributed by atoms with Crippen LogP contribution >= 0.6 is 0 Å². The van der Waals surface area contributed by atoms with E-state index >= 15 is 0 Å². The third-order valence-corrected chi connectivity index (χ3v) is 3.81. The van der Waals surface area contributed by atoms with E-state index in [2.05, 4.69) is 48.1 Å². The van der Waals surface area contributed by atoms with Gasteiger partial charge in [0, 0.05) is 18.8 Å². The van der Waals surface area contributed by atoms with Gasteiger partial charge in [-0.15, -0.1) is 0 Å². The number of hydrogen-bond acceptors (Lipinski definition) is 2. The highest BCUT2D eigenvalue weighted by Gasteiger charge is 2.09. The summed E-state index contributed by atoms with van der Waals surface area (Å²) in [4.78, 5) is 8.53. The summed E-state index contributed by atoms with van der Waals surface area (Å²) in [6.45, 7) is 4.24. The molecule has 0 amide bonds. The highest BCUT2D eigenvalue weighted by molar-refractivity contribution is 5.69. The third kappa shape index (κ3) is 3.10. The van der Waals surface area contributed by atoms with Crippen molar-refractivity contribution in [2.24, 2.45) is 0 Å². The summed E-state index contributed by atoms with van der Waals surface area (Å²) >= 11 is 0. The van der Waals surface area contributed by atoms with Gasteiger partial charge >= 0.3 is 0 Å². The van der Waals surface area contributed by atoms with E-state index in [9.17, 15) is 0 Å². The largest absolute Gasteiger partial charge is 0.260 e. The van der Waals surface area contributed by atoms with Crippen molar-refractivity contribution in [2.75, 3.05) is 0 Å². The van der Waals surface area contributed by atoms with Gasteiger partial charge < -0.3 is 0 Å². The van der Waals surface area contributed by atoms with E-state index in [0.717, 1.165) is 12.8 Å². The van der Waals surface area contributed by atoms with E-state index in [0.29, 0.717) is 0 Å². The molecule has 2 nitrogen and oxygen atoms in total. The molecule has 21 heavy (non-hydrogen) atoms. The second-order valence-corrected chi connectivity index (χ2v) is 5.19. The molecule has 0 radical (unpaired) electrons. The van der Waals surface area contributed by atoms with Crippen molar-refractivity contribution in [2.45, 2.75) is 34.1 Å². The summed E-state index contributed by atoms with van der Waals surface area (Å²) < 4.78 is 0. The average molecular weight is 278 g/mol. The maximum Gasteiger partial charge on any atom is 0.0690 e. The molecule has 0 saturated carbocycles. The Labute approximate surface area is 127 Å². The molecule has 0 bridgehead atoms. The molecule has 0 saturated heterocycles. The lowest BCUT2D eigenvalue weighted by Gasteiger charge is -1.96. The van der Waals surface area contributed by atoms with Gasteiger partial charge in [-0.2, -0.15) is 0 Å². The van der Waals surface area contributed by atoms with Gasteiger partial charge in [0.25, 0.3) is 0 Å². The van der Waals surface area contributed by atoms with Crippen LogP contribution in [0.4, 0.5) is 0 Å². The van der Waals surface area contributed by atoms with E-state index in [-0.39, 0.29) is 7.43 Å². The maximum atomic E-state index is 4.27. The molecule has 0 aromatic carbocycles. The predicted octanol–water partition coefficient (Wildman–Crippen LogP) is 4.72. The molecule has 2 aliphatic carbocycles. The Hall–Kier alpha value is -2.22. The number of aromatic nitrogens is 2. The van der Waals surface area contributed by atoms with E-state index in [1.54, 1.807) is 0 Å². The summed E-state index contributed by atoms with van der Waals surface area (Å²) in [5.74, 6) is 0. The first-order valence-electron chi connectivity index (χ1n) is 6.98.